The molecule has 2 aromatic rings. The molecule has 0 radical (unpaired) electrons. The number of rotatable bonds is 3. The van der Waals surface area contributed by atoms with Crippen molar-refractivity contribution in [2.24, 2.45) is 0 Å². The Kier molecular flexibility index (Phi) is 4.18. The zero-order chi connectivity index (χ0) is 12.3. The first kappa shape index (κ1) is 12.6. The van der Waals surface area contributed by atoms with Crippen LogP contribution in [0.1, 0.15) is 5.56 Å². The Balaban J connectivity index is 2.10. The molecule has 0 heterocycles. The van der Waals surface area contributed by atoms with E-state index in [1.807, 2.05) is 24.3 Å². The fraction of sp³-hybridized carbons (Fsp3) is 0.0769. The topological polar surface area (TPSA) is 0 Å². The van der Waals surface area contributed by atoms with Crippen LogP contribution in [0.3, 0.4) is 0 Å². The highest BCUT2D eigenvalue weighted by Crippen LogP contribution is 2.28. The molecular formula is C13H9BrF2S. The third kappa shape index (κ3) is 3.30. The Morgan fingerprint density at radius 3 is 2.53 bits per heavy atom. The van der Waals surface area contributed by atoms with E-state index in [1.54, 1.807) is 0 Å². The van der Waals surface area contributed by atoms with Crippen LogP contribution in [0, 0.1) is 11.6 Å². The third-order valence-corrected chi connectivity index (χ3v) is 4.11. The summed E-state index contributed by atoms with van der Waals surface area (Å²) in [4.78, 5) is 0.460. The van der Waals surface area contributed by atoms with Crippen LogP contribution in [0.4, 0.5) is 8.78 Å². The van der Waals surface area contributed by atoms with Crippen LogP contribution in [0.5, 0.6) is 0 Å². The molecular weight excluding hydrogens is 306 g/mol. The summed E-state index contributed by atoms with van der Waals surface area (Å²) in [5, 5.41) is 0. The Morgan fingerprint density at radius 1 is 1.06 bits per heavy atom. The van der Waals surface area contributed by atoms with Gasteiger partial charge in [-0.3, -0.25) is 0 Å². The first-order valence-corrected chi connectivity index (χ1v) is 6.76. The minimum absolute atomic E-state index is 0.460. The molecule has 2 aromatic carbocycles. The van der Waals surface area contributed by atoms with E-state index in [2.05, 4.69) is 15.9 Å². The number of hydrogen-bond acceptors (Lipinski definition) is 1. The maximum atomic E-state index is 13.4. The number of halogens is 3. The highest BCUT2D eigenvalue weighted by Gasteiger charge is 2.06. The van der Waals surface area contributed by atoms with Crippen LogP contribution in [-0.4, -0.2) is 0 Å². The summed E-state index contributed by atoms with van der Waals surface area (Å²) in [6.45, 7) is 0. The summed E-state index contributed by atoms with van der Waals surface area (Å²) >= 11 is 4.78. The van der Waals surface area contributed by atoms with Gasteiger partial charge in [-0.1, -0.05) is 34.1 Å². The van der Waals surface area contributed by atoms with Crippen molar-refractivity contribution >= 4 is 27.7 Å². The second-order valence-corrected chi connectivity index (χ2v) is 5.33. The molecule has 0 fully saturated rings. The lowest BCUT2D eigenvalue weighted by Gasteiger charge is -2.05. The average molecular weight is 315 g/mol. The molecule has 0 atom stereocenters. The maximum Gasteiger partial charge on any atom is 0.139 e. The van der Waals surface area contributed by atoms with Gasteiger partial charge in [-0.15, -0.1) is 11.8 Å². The van der Waals surface area contributed by atoms with E-state index in [4.69, 9.17) is 0 Å². The van der Waals surface area contributed by atoms with Gasteiger partial charge in [0.25, 0.3) is 0 Å². The van der Waals surface area contributed by atoms with Crippen molar-refractivity contribution in [1.29, 1.82) is 0 Å². The van der Waals surface area contributed by atoms with E-state index in [0.29, 0.717) is 10.6 Å². The van der Waals surface area contributed by atoms with E-state index in [0.717, 1.165) is 16.1 Å². The molecule has 0 aromatic heterocycles. The number of hydrogen-bond donors (Lipinski definition) is 0. The quantitative estimate of drug-likeness (QED) is 0.717. The van der Waals surface area contributed by atoms with Crippen molar-refractivity contribution < 1.29 is 8.78 Å². The van der Waals surface area contributed by atoms with E-state index < -0.39 is 11.6 Å². The molecule has 0 saturated carbocycles. The van der Waals surface area contributed by atoms with Gasteiger partial charge in [-0.2, -0.15) is 0 Å². The van der Waals surface area contributed by atoms with Crippen molar-refractivity contribution in [2.75, 3.05) is 0 Å². The fourth-order valence-electron chi connectivity index (χ4n) is 1.36. The van der Waals surface area contributed by atoms with Gasteiger partial charge in [0, 0.05) is 21.2 Å². The highest BCUT2D eigenvalue weighted by molar-refractivity contribution is 9.10. The molecule has 0 aliphatic heterocycles. The van der Waals surface area contributed by atoms with Gasteiger partial charge >= 0.3 is 0 Å². The number of thioether (sulfide) groups is 1. The smallest absolute Gasteiger partial charge is 0.139 e. The van der Waals surface area contributed by atoms with Crippen LogP contribution >= 0.6 is 27.7 Å². The van der Waals surface area contributed by atoms with Crippen LogP contribution < -0.4 is 0 Å². The third-order valence-electron chi connectivity index (χ3n) is 2.23. The average Bonchev–Trinajstić information content (AvgIpc) is 2.30. The Bertz CT molecular complexity index is 529. The summed E-state index contributed by atoms with van der Waals surface area (Å²) < 4.78 is 27.1. The minimum Gasteiger partial charge on any atom is -0.207 e. The van der Waals surface area contributed by atoms with E-state index >= 15 is 0 Å². The van der Waals surface area contributed by atoms with Crippen molar-refractivity contribution in [3.8, 4) is 0 Å². The van der Waals surface area contributed by atoms with Crippen LogP contribution in [0.2, 0.25) is 0 Å². The lowest BCUT2D eigenvalue weighted by molar-refractivity contribution is 0.565. The lowest BCUT2D eigenvalue weighted by Crippen LogP contribution is -1.86. The van der Waals surface area contributed by atoms with Crippen molar-refractivity contribution in [3.63, 3.8) is 0 Å². The zero-order valence-electron chi connectivity index (χ0n) is 8.79. The lowest BCUT2D eigenvalue weighted by atomic mass is 10.2. The highest BCUT2D eigenvalue weighted by atomic mass is 79.9. The summed E-state index contributed by atoms with van der Waals surface area (Å²) in [5.41, 5.74) is 1.08. The van der Waals surface area contributed by atoms with E-state index in [1.165, 1.54) is 23.9 Å². The van der Waals surface area contributed by atoms with E-state index in [-0.39, 0.29) is 0 Å². The molecule has 4 heteroatoms. The Labute approximate surface area is 111 Å². The van der Waals surface area contributed by atoms with Gasteiger partial charge in [0.15, 0.2) is 0 Å². The predicted molar refractivity (Wildman–Crippen MR) is 70.1 cm³/mol. The van der Waals surface area contributed by atoms with Crippen molar-refractivity contribution in [3.05, 3.63) is 64.1 Å². The Morgan fingerprint density at radius 2 is 1.82 bits per heavy atom. The first-order chi connectivity index (χ1) is 8.16. The summed E-state index contributed by atoms with van der Waals surface area (Å²) in [7, 11) is 0. The number of benzene rings is 2. The van der Waals surface area contributed by atoms with Crippen LogP contribution in [-0.2, 0) is 5.75 Å². The van der Waals surface area contributed by atoms with Gasteiger partial charge < -0.3 is 0 Å². The van der Waals surface area contributed by atoms with Gasteiger partial charge in [0.2, 0.25) is 0 Å². The molecule has 0 N–H and O–H groups in total. The molecule has 17 heavy (non-hydrogen) atoms. The molecule has 2 rings (SSSR count). The largest absolute Gasteiger partial charge is 0.207 e. The molecule has 0 aliphatic carbocycles. The molecule has 0 saturated heterocycles. The molecule has 0 amide bonds. The van der Waals surface area contributed by atoms with Crippen molar-refractivity contribution in [1.82, 2.24) is 0 Å². The van der Waals surface area contributed by atoms with Gasteiger partial charge in [0.05, 0.1) is 0 Å². The standard InChI is InChI=1S/C13H9BrF2S/c14-11-4-2-1-3-9(11)8-17-13-6-5-10(15)7-12(13)16/h1-7H,8H2. The molecule has 0 aliphatic rings. The SMILES string of the molecule is Fc1ccc(SCc2ccccc2Br)c(F)c1. The van der Waals surface area contributed by atoms with Crippen LogP contribution in [0.25, 0.3) is 0 Å². The first-order valence-electron chi connectivity index (χ1n) is 4.98. The second-order valence-electron chi connectivity index (χ2n) is 3.45. The Hall–Kier alpha value is -0.870. The normalized spacial score (nSPS) is 10.5. The second kappa shape index (κ2) is 5.65. The van der Waals surface area contributed by atoms with Gasteiger partial charge in [0.1, 0.15) is 11.6 Å². The molecule has 0 nitrogen and oxygen atoms in total. The van der Waals surface area contributed by atoms with Crippen molar-refractivity contribution in [2.45, 2.75) is 10.6 Å². The molecule has 0 spiro atoms. The molecule has 0 unspecified atom stereocenters. The summed E-state index contributed by atoms with van der Waals surface area (Å²) in [6.07, 6.45) is 0. The molecule has 0 bridgehead atoms. The molecule has 88 valence electrons. The summed E-state index contributed by atoms with van der Waals surface area (Å²) in [5.74, 6) is -0.418. The van der Waals surface area contributed by atoms with Gasteiger partial charge in [-0.25, -0.2) is 8.78 Å². The monoisotopic (exact) mass is 314 g/mol. The van der Waals surface area contributed by atoms with E-state index in [9.17, 15) is 8.78 Å². The predicted octanol–water partition coefficient (Wildman–Crippen LogP) is 5.02. The summed E-state index contributed by atoms with van der Waals surface area (Å²) in [6, 6.07) is 11.4. The zero-order valence-corrected chi connectivity index (χ0v) is 11.2. The fourth-order valence-corrected chi connectivity index (χ4v) is 2.90. The van der Waals surface area contributed by atoms with Crippen LogP contribution in [0.15, 0.2) is 51.8 Å². The maximum absolute atomic E-state index is 13.4. The minimum atomic E-state index is -0.548. The van der Waals surface area contributed by atoms with Gasteiger partial charge in [-0.05, 0) is 23.8 Å².